The summed E-state index contributed by atoms with van der Waals surface area (Å²) in [5, 5.41) is 23.7. The fourth-order valence-corrected chi connectivity index (χ4v) is 2.82. The molecule has 1 unspecified atom stereocenters. The summed E-state index contributed by atoms with van der Waals surface area (Å²) in [5.41, 5.74) is 2.17. The standard InChI is InChI=1S/C17H23N5O2.ClH/c1-12(23)14-4-2-13(3-5-14)10-19-17(24)16-11-22(21-20-16)15-6-8-18-9-7-15;/h2-5,11-12,15,18,23H,6-10H2,1H3,(H,19,24);1H. The van der Waals surface area contributed by atoms with Crippen LogP contribution >= 0.6 is 12.4 Å². The fourth-order valence-electron chi connectivity index (χ4n) is 2.82. The SMILES string of the molecule is CC(O)c1ccc(CNC(=O)c2cn(C3CCNCC3)nn2)cc1.Cl. The molecule has 1 aliphatic heterocycles. The van der Waals surface area contributed by atoms with Gasteiger partial charge in [-0.3, -0.25) is 4.79 Å². The summed E-state index contributed by atoms with van der Waals surface area (Å²) in [6.07, 6.45) is 3.24. The molecule has 1 aromatic carbocycles. The van der Waals surface area contributed by atoms with Crippen LogP contribution in [0.25, 0.3) is 0 Å². The number of nitrogens with one attached hydrogen (secondary N) is 2. The third kappa shape index (κ3) is 5.01. The minimum Gasteiger partial charge on any atom is -0.389 e. The zero-order valence-corrected chi connectivity index (χ0v) is 15.0. The predicted octanol–water partition coefficient (Wildman–Crippen LogP) is 1.61. The van der Waals surface area contributed by atoms with Gasteiger partial charge >= 0.3 is 0 Å². The van der Waals surface area contributed by atoms with Gasteiger partial charge in [0.2, 0.25) is 0 Å². The topological polar surface area (TPSA) is 92.1 Å². The lowest BCUT2D eigenvalue weighted by Gasteiger charge is -2.22. The van der Waals surface area contributed by atoms with Crippen LogP contribution in [0.5, 0.6) is 0 Å². The number of halogens is 1. The van der Waals surface area contributed by atoms with E-state index in [9.17, 15) is 9.90 Å². The van der Waals surface area contributed by atoms with Crippen molar-refractivity contribution >= 4 is 18.3 Å². The van der Waals surface area contributed by atoms with Crippen LogP contribution in [-0.2, 0) is 6.54 Å². The number of carbonyl (C=O) groups excluding carboxylic acids is 1. The molecule has 1 saturated heterocycles. The van der Waals surface area contributed by atoms with Crippen LogP contribution in [0.3, 0.4) is 0 Å². The summed E-state index contributed by atoms with van der Waals surface area (Å²) < 4.78 is 1.80. The summed E-state index contributed by atoms with van der Waals surface area (Å²) in [6.45, 7) is 4.07. The normalized spacial score (nSPS) is 16.1. The van der Waals surface area contributed by atoms with Gasteiger partial charge in [-0.2, -0.15) is 0 Å². The Morgan fingerprint density at radius 3 is 2.68 bits per heavy atom. The molecule has 1 aromatic heterocycles. The minimum absolute atomic E-state index is 0. The molecule has 8 heteroatoms. The molecule has 3 rings (SSSR count). The number of piperidine rings is 1. The molecular weight excluding hydrogens is 342 g/mol. The van der Waals surface area contributed by atoms with E-state index in [0.29, 0.717) is 18.3 Å². The van der Waals surface area contributed by atoms with Crippen LogP contribution in [0.2, 0.25) is 0 Å². The Kier molecular flexibility index (Phi) is 6.92. The lowest BCUT2D eigenvalue weighted by molar-refractivity contribution is 0.0945. The van der Waals surface area contributed by atoms with Crippen molar-refractivity contribution in [3.05, 3.63) is 47.3 Å². The Labute approximate surface area is 153 Å². The molecule has 1 atom stereocenters. The van der Waals surface area contributed by atoms with Gasteiger partial charge in [0.1, 0.15) is 0 Å². The van der Waals surface area contributed by atoms with Gasteiger partial charge < -0.3 is 15.7 Å². The molecule has 7 nitrogen and oxygen atoms in total. The van der Waals surface area contributed by atoms with E-state index in [2.05, 4.69) is 20.9 Å². The van der Waals surface area contributed by atoms with E-state index in [1.807, 2.05) is 24.3 Å². The summed E-state index contributed by atoms with van der Waals surface area (Å²) in [7, 11) is 0. The lowest BCUT2D eigenvalue weighted by Crippen LogP contribution is -2.29. The highest BCUT2D eigenvalue weighted by molar-refractivity contribution is 5.91. The van der Waals surface area contributed by atoms with E-state index in [-0.39, 0.29) is 18.3 Å². The summed E-state index contributed by atoms with van der Waals surface area (Å²) in [5.74, 6) is -0.227. The Morgan fingerprint density at radius 1 is 1.36 bits per heavy atom. The van der Waals surface area contributed by atoms with Crippen LogP contribution in [0.15, 0.2) is 30.5 Å². The monoisotopic (exact) mass is 365 g/mol. The van der Waals surface area contributed by atoms with Gasteiger partial charge in [0.05, 0.1) is 18.3 Å². The smallest absolute Gasteiger partial charge is 0.273 e. The summed E-state index contributed by atoms with van der Waals surface area (Å²) in [4.78, 5) is 12.2. The number of aliphatic hydroxyl groups excluding tert-OH is 1. The van der Waals surface area contributed by atoms with Crippen molar-refractivity contribution in [1.29, 1.82) is 0 Å². The summed E-state index contributed by atoms with van der Waals surface area (Å²) >= 11 is 0. The van der Waals surface area contributed by atoms with Crippen molar-refractivity contribution in [2.24, 2.45) is 0 Å². The van der Waals surface area contributed by atoms with Gasteiger partial charge in [0.25, 0.3) is 5.91 Å². The zero-order chi connectivity index (χ0) is 16.9. The van der Waals surface area contributed by atoms with Crippen molar-refractivity contribution in [2.75, 3.05) is 13.1 Å². The molecule has 0 radical (unpaired) electrons. The second kappa shape index (κ2) is 8.94. The first-order chi connectivity index (χ1) is 11.6. The largest absolute Gasteiger partial charge is 0.389 e. The highest BCUT2D eigenvalue weighted by Crippen LogP contribution is 2.17. The number of rotatable bonds is 5. The highest BCUT2D eigenvalue weighted by atomic mass is 35.5. The van der Waals surface area contributed by atoms with Crippen molar-refractivity contribution in [2.45, 2.75) is 38.5 Å². The summed E-state index contributed by atoms with van der Waals surface area (Å²) in [6, 6.07) is 7.83. The van der Waals surface area contributed by atoms with Crippen molar-refractivity contribution in [3.63, 3.8) is 0 Å². The van der Waals surface area contributed by atoms with E-state index in [4.69, 9.17) is 0 Å². The lowest BCUT2D eigenvalue weighted by atomic mass is 10.1. The molecule has 0 bridgehead atoms. The molecule has 0 aliphatic carbocycles. The number of benzene rings is 1. The molecule has 1 fully saturated rings. The van der Waals surface area contributed by atoms with E-state index in [1.165, 1.54) is 0 Å². The second-order valence-electron chi connectivity index (χ2n) is 6.17. The molecule has 1 aliphatic rings. The van der Waals surface area contributed by atoms with Gasteiger partial charge in [-0.05, 0) is 44.0 Å². The van der Waals surface area contributed by atoms with Crippen molar-refractivity contribution in [3.8, 4) is 0 Å². The zero-order valence-electron chi connectivity index (χ0n) is 14.2. The number of nitrogens with zero attached hydrogens (tertiary/aromatic N) is 3. The number of aromatic nitrogens is 3. The van der Waals surface area contributed by atoms with Gasteiger partial charge in [0.15, 0.2) is 5.69 Å². The fraction of sp³-hybridized carbons (Fsp3) is 0.471. The Hall–Kier alpha value is -1.96. The van der Waals surface area contributed by atoms with Gasteiger partial charge in [0, 0.05) is 6.54 Å². The minimum atomic E-state index is -0.487. The van der Waals surface area contributed by atoms with Crippen LogP contribution in [0.4, 0.5) is 0 Å². The predicted molar refractivity (Wildman–Crippen MR) is 96.7 cm³/mol. The number of carbonyl (C=O) groups is 1. The maximum Gasteiger partial charge on any atom is 0.273 e. The molecule has 0 saturated carbocycles. The molecule has 2 heterocycles. The van der Waals surface area contributed by atoms with Crippen LogP contribution in [-0.4, -0.2) is 39.1 Å². The number of hydrogen-bond donors (Lipinski definition) is 3. The molecular formula is C17H24ClN5O2. The van der Waals surface area contributed by atoms with E-state index >= 15 is 0 Å². The molecule has 2 aromatic rings. The van der Waals surface area contributed by atoms with Crippen molar-refractivity contribution in [1.82, 2.24) is 25.6 Å². The Morgan fingerprint density at radius 2 is 2.04 bits per heavy atom. The van der Waals surface area contributed by atoms with E-state index < -0.39 is 6.10 Å². The maximum atomic E-state index is 12.2. The van der Waals surface area contributed by atoms with Gasteiger partial charge in [-0.1, -0.05) is 29.5 Å². The van der Waals surface area contributed by atoms with Gasteiger partial charge in [-0.25, -0.2) is 4.68 Å². The highest BCUT2D eigenvalue weighted by Gasteiger charge is 2.18. The van der Waals surface area contributed by atoms with E-state index in [0.717, 1.165) is 37.1 Å². The quantitative estimate of drug-likeness (QED) is 0.748. The Balaban J connectivity index is 0.00000225. The third-order valence-corrected chi connectivity index (χ3v) is 4.34. The molecule has 0 spiro atoms. The average Bonchev–Trinajstić information content (AvgIpc) is 3.11. The second-order valence-corrected chi connectivity index (χ2v) is 6.17. The van der Waals surface area contributed by atoms with Crippen LogP contribution < -0.4 is 10.6 Å². The first-order valence-corrected chi connectivity index (χ1v) is 8.31. The first kappa shape index (κ1) is 19.4. The van der Waals surface area contributed by atoms with E-state index in [1.54, 1.807) is 17.8 Å². The first-order valence-electron chi connectivity index (χ1n) is 8.31. The molecule has 25 heavy (non-hydrogen) atoms. The molecule has 136 valence electrons. The molecule has 1 amide bonds. The van der Waals surface area contributed by atoms with Crippen LogP contribution in [0.1, 0.15) is 53.5 Å². The third-order valence-electron chi connectivity index (χ3n) is 4.34. The number of hydrogen-bond acceptors (Lipinski definition) is 5. The van der Waals surface area contributed by atoms with Gasteiger partial charge in [-0.15, -0.1) is 17.5 Å². The Bertz CT molecular complexity index is 681. The average molecular weight is 366 g/mol. The van der Waals surface area contributed by atoms with Crippen LogP contribution in [0, 0.1) is 0 Å². The number of amides is 1. The maximum absolute atomic E-state index is 12.2. The number of aliphatic hydroxyl groups is 1. The van der Waals surface area contributed by atoms with Crippen molar-refractivity contribution < 1.29 is 9.90 Å². The molecule has 3 N–H and O–H groups in total.